The lowest BCUT2D eigenvalue weighted by Crippen LogP contribution is -2.36. The van der Waals surface area contributed by atoms with Crippen molar-refractivity contribution in [1.29, 1.82) is 0 Å². The van der Waals surface area contributed by atoms with Crippen LogP contribution < -0.4 is 10.2 Å². The highest BCUT2D eigenvalue weighted by atomic mass is 32.1. The molecule has 112 valence electrons. The average molecular weight is 312 g/mol. The smallest absolute Gasteiger partial charge is 0.296 e. The van der Waals surface area contributed by atoms with Gasteiger partial charge in [0.15, 0.2) is 5.13 Å². The van der Waals surface area contributed by atoms with Crippen molar-refractivity contribution in [3.63, 3.8) is 0 Å². The third-order valence-electron chi connectivity index (χ3n) is 3.37. The highest BCUT2D eigenvalue weighted by Crippen LogP contribution is 2.25. The van der Waals surface area contributed by atoms with Crippen LogP contribution in [-0.2, 0) is 4.79 Å². The van der Waals surface area contributed by atoms with Gasteiger partial charge < -0.3 is 10.2 Å². The van der Waals surface area contributed by atoms with Crippen LogP contribution in [-0.4, -0.2) is 35.0 Å². The van der Waals surface area contributed by atoms with E-state index >= 15 is 0 Å². The number of aryl methyl sites for hydroxylation is 1. The summed E-state index contributed by atoms with van der Waals surface area (Å²) in [6.07, 6.45) is 4.45. The van der Waals surface area contributed by atoms with Crippen LogP contribution in [0.2, 0.25) is 0 Å². The number of thiazole rings is 1. The van der Waals surface area contributed by atoms with Gasteiger partial charge in [0.05, 0.1) is 0 Å². The summed E-state index contributed by atoms with van der Waals surface area (Å²) in [4.78, 5) is 23.7. The monoisotopic (exact) mass is 312 g/mol. The molecule has 0 aromatic carbocycles. The maximum absolute atomic E-state index is 11.9. The number of nitrogens with zero attached hydrogens (tertiary/aromatic N) is 3. The molecular weight excluding hydrogens is 296 g/mol. The number of anilines is 1. The lowest BCUT2D eigenvalue weighted by molar-refractivity contribution is -0.116. The van der Waals surface area contributed by atoms with E-state index in [-0.39, 0.29) is 11.9 Å². The largest absolute Gasteiger partial charge is 0.346 e. The van der Waals surface area contributed by atoms with E-state index in [1.165, 1.54) is 4.88 Å². The zero-order valence-electron chi connectivity index (χ0n) is 12.2. The van der Waals surface area contributed by atoms with Gasteiger partial charge in [-0.25, -0.2) is 9.97 Å². The van der Waals surface area contributed by atoms with Crippen LogP contribution in [0, 0.1) is 18.8 Å². The molecule has 0 saturated carbocycles. The first kappa shape index (κ1) is 14.5. The minimum Gasteiger partial charge on any atom is -0.346 e. The predicted molar refractivity (Wildman–Crippen MR) is 86.7 cm³/mol. The Hall–Kier alpha value is -2.39. The number of pyridine rings is 1. The number of aromatic nitrogens is 2. The fourth-order valence-corrected chi connectivity index (χ4v) is 3.11. The quantitative estimate of drug-likeness (QED) is 0.856. The van der Waals surface area contributed by atoms with Gasteiger partial charge in [0.2, 0.25) is 0 Å². The standard InChI is InChI=1S/C16H16N4OS/c1-12-10-18-16(22-12)20-9-7-14(11-20)19-15(21)6-5-13-4-2-3-8-17-13/h2-4,8,10,14H,7,9,11H2,1H3,(H,19,21). The van der Waals surface area contributed by atoms with Gasteiger partial charge in [0.25, 0.3) is 5.91 Å². The van der Waals surface area contributed by atoms with E-state index in [9.17, 15) is 4.79 Å². The molecule has 2 aromatic rings. The maximum Gasteiger partial charge on any atom is 0.296 e. The Bertz CT molecular complexity index is 716. The lowest BCUT2D eigenvalue weighted by atomic mass is 10.2. The summed E-state index contributed by atoms with van der Waals surface area (Å²) in [5, 5.41) is 3.97. The Morgan fingerprint density at radius 2 is 2.36 bits per heavy atom. The number of carbonyl (C=O) groups is 1. The van der Waals surface area contributed by atoms with Crippen molar-refractivity contribution in [2.75, 3.05) is 18.0 Å². The highest BCUT2D eigenvalue weighted by Gasteiger charge is 2.25. The summed E-state index contributed by atoms with van der Waals surface area (Å²) in [6.45, 7) is 3.74. The van der Waals surface area contributed by atoms with Crippen molar-refractivity contribution in [2.45, 2.75) is 19.4 Å². The molecule has 1 saturated heterocycles. The van der Waals surface area contributed by atoms with Gasteiger partial charge in [0.1, 0.15) is 5.69 Å². The van der Waals surface area contributed by atoms with Crippen molar-refractivity contribution in [3.05, 3.63) is 41.2 Å². The molecule has 3 rings (SSSR count). The fourth-order valence-electron chi connectivity index (χ4n) is 2.32. The van der Waals surface area contributed by atoms with E-state index < -0.39 is 0 Å². The normalized spacial score (nSPS) is 17.0. The molecule has 0 radical (unpaired) electrons. The van der Waals surface area contributed by atoms with Crippen molar-refractivity contribution in [1.82, 2.24) is 15.3 Å². The molecule has 0 bridgehead atoms. The Kier molecular flexibility index (Phi) is 4.35. The molecule has 6 heteroatoms. The molecule has 0 spiro atoms. The number of hydrogen-bond acceptors (Lipinski definition) is 5. The summed E-state index contributed by atoms with van der Waals surface area (Å²) in [7, 11) is 0. The first-order valence-electron chi connectivity index (χ1n) is 7.11. The number of hydrogen-bond donors (Lipinski definition) is 1. The van der Waals surface area contributed by atoms with Gasteiger partial charge in [-0.05, 0) is 31.4 Å². The maximum atomic E-state index is 11.9. The van der Waals surface area contributed by atoms with E-state index in [2.05, 4.69) is 32.0 Å². The Morgan fingerprint density at radius 1 is 1.45 bits per heavy atom. The first-order valence-corrected chi connectivity index (χ1v) is 7.93. The molecule has 2 aromatic heterocycles. The number of carbonyl (C=O) groups excluding carboxylic acids is 1. The van der Waals surface area contributed by atoms with E-state index in [1.54, 1.807) is 23.6 Å². The molecule has 5 nitrogen and oxygen atoms in total. The van der Waals surface area contributed by atoms with Gasteiger partial charge in [-0.1, -0.05) is 6.07 Å². The van der Waals surface area contributed by atoms with Crippen LogP contribution in [0.1, 0.15) is 17.0 Å². The number of rotatable bonds is 2. The molecule has 1 amide bonds. The van der Waals surface area contributed by atoms with Crippen LogP contribution in [0.4, 0.5) is 5.13 Å². The molecule has 22 heavy (non-hydrogen) atoms. The van der Waals surface area contributed by atoms with Gasteiger partial charge in [-0.15, -0.1) is 11.3 Å². The summed E-state index contributed by atoms with van der Waals surface area (Å²) >= 11 is 1.68. The second kappa shape index (κ2) is 6.58. The molecular formula is C16H16N4OS. The van der Waals surface area contributed by atoms with Crippen LogP contribution in [0.3, 0.4) is 0 Å². The van der Waals surface area contributed by atoms with Crippen LogP contribution >= 0.6 is 11.3 Å². The van der Waals surface area contributed by atoms with Crippen molar-refractivity contribution in [3.8, 4) is 11.8 Å². The summed E-state index contributed by atoms with van der Waals surface area (Å²) in [5.74, 6) is 5.10. The predicted octanol–water partition coefficient (Wildman–Crippen LogP) is 1.59. The van der Waals surface area contributed by atoms with Crippen molar-refractivity contribution in [2.24, 2.45) is 0 Å². The molecule has 0 aliphatic carbocycles. The SMILES string of the molecule is Cc1cnc(N2CCC(NC(=O)C#Cc3ccccn3)C2)s1. The molecule has 1 N–H and O–H groups in total. The molecule has 1 unspecified atom stereocenters. The zero-order chi connectivity index (χ0) is 15.4. The number of nitrogens with one attached hydrogen (secondary N) is 1. The fraction of sp³-hybridized carbons (Fsp3) is 0.312. The second-order valence-electron chi connectivity index (χ2n) is 5.12. The molecule has 1 aliphatic heterocycles. The topological polar surface area (TPSA) is 58.1 Å². The first-order chi connectivity index (χ1) is 10.7. The Balaban J connectivity index is 1.54. The van der Waals surface area contributed by atoms with Gasteiger partial charge in [-0.2, -0.15) is 0 Å². The van der Waals surface area contributed by atoms with Crippen LogP contribution in [0.5, 0.6) is 0 Å². The minimum atomic E-state index is -0.257. The van der Waals surface area contributed by atoms with Gasteiger partial charge in [-0.3, -0.25) is 4.79 Å². The molecule has 1 atom stereocenters. The third-order valence-corrected chi connectivity index (χ3v) is 4.35. The summed E-state index contributed by atoms with van der Waals surface area (Å²) in [6, 6.07) is 5.57. The van der Waals surface area contributed by atoms with E-state index in [4.69, 9.17) is 0 Å². The number of amides is 1. The highest BCUT2D eigenvalue weighted by molar-refractivity contribution is 7.15. The Labute approximate surface area is 133 Å². The van der Waals surface area contributed by atoms with E-state index in [1.807, 2.05) is 25.3 Å². The van der Waals surface area contributed by atoms with E-state index in [0.29, 0.717) is 5.69 Å². The lowest BCUT2D eigenvalue weighted by Gasteiger charge is -2.14. The summed E-state index contributed by atoms with van der Waals surface area (Å²) in [5.41, 5.74) is 0.601. The van der Waals surface area contributed by atoms with Crippen molar-refractivity contribution < 1.29 is 4.79 Å². The third kappa shape index (κ3) is 3.62. The zero-order valence-corrected chi connectivity index (χ0v) is 13.1. The molecule has 1 aliphatic rings. The van der Waals surface area contributed by atoms with E-state index in [0.717, 1.165) is 24.6 Å². The molecule has 1 fully saturated rings. The molecule has 3 heterocycles. The average Bonchev–Trinajstić information content (AvgIpc) is 3.15. The van der Waals surface area contributed by atoms with Crippen molar-refractivity contribution >= 4 is 22.4 Å². The minimum absolute atomic E-state index is 0.120. The Morgan fingerprint density at radius 3 is 3.09 bits per heavy atom. The van der Waals surface area contributed by atoms with Gasteiger partial charge >= 0.3 is 0 Å². The van der Waals surface area contributed by atoms with Crippen LogP contribution in [0.25, 0.3) is 0 Å². The summed E-state index contributed by atoms with van der Waals surface area (Å²) < 4.78 is 0. The van der Waals surface area contributed by atoms with Gasteiger partial charge in [0, 0.05) is 42.3 Å². The second-order valence-corrected chi connectivity index (χ2v) is 6.34. The van der Waals surface area contributed by atoms with Crippen LogP contribution in [0.15, 0.2) is 30.6 Å².